The summed E-state index contributed by atoms with van der Waals surface area (Å²) in [5.74, 6) is 1.12. The molecule has 0 amide bonds. The van der Waals surface area contributed by atoms with Crippen LogP contribution in [0.5, 0.6) is 0 Å². The zero-order valence-electron chi connectivity index (χ0n) is 14.2. The lowest BCUT2D eigenvalue weighted by molar-refractivity contribution is 0.981. The normalized spacial score (nSPS) is 10.5. The average Bonchev–Trinajstić information content (AvgIpc) is 2.58. The smallest absolute Gasteiger partial charge is 0.249 e. The highest BCUT2D eigenvalue weighted by Gasteiger charge is 2.04. The number of aryl methyl sites for hydroxylation is 3. The van der Waals surface area contributed by atoms with Gasteiger partial charge < -0.3 is 10.6 Å². The summed E-state index contributed by atoms with van der Waals surface area (Å²) in [6.45, 7) is 6.27. The van der Waals surface area contributed by atoms with Crippen molar-refractivity contribution in [1.29, 1.82) is 0 Å². The summed E-state index contributed by atoms with van der Waals surface area (Å²) in [5, 5.41) is 14.5. The Bertz CT molecular complexity index is 827. The molecule has 3 aromatic rings. The largest absolute Gasteiger partial charge is 0.339 e. The van der Waals surface area contributed by atoms with E-state index in [2.05, 4.69) is 70.9 Å². The van der Waals surface area contributed by atoms with Gasteiger partial charge in [0.15, 0.2) is 5.82 Å². The fourth-order valence-corrected chi connectivity index (χ4v) is 2.46. The lowest BCUT2D eigenvalue weighted by Gasteiger charge is -2.10. The first-order valence-corrected chi connectivity index (χ1v) is 8.04. The Morgan fingerprint density at radius 1 is 0.958 bits per heavy atom. The Hall–Kier alpha value is -2.95. The minimum Gasteiger partial charge on any atom is -0.339 e. The summed E-state index contributed by atoms with van der Waals surface area (Å²) < 4.78 is 0. The van der Waals surface area contributed by atoms with Crippen LogP contribution < -0.4 is 10.6 Å². The van der Waals surface area contributed by atoms with E-state index in [1.165, 1.54) is 11.1 Å². The van der Waals surface area contributed by atoms with Gasteiger partial charge in [-0.25, -0.2) is 0 Å². The average molecular weight is 319 g/mol. The quantitative estimate of drug-likeness (QED) is 0.723. The van der Waals surface area contributed by atoms with Crippen molar-refractivity contribution in [2.45, 2.75) is 27.2 Å². The maximum absolute atomic E-state index is 4.47. The molecule has 1 aromatic heterocycles. The number of hydrogen-bond donors (Lipinski definition) is 2. The Labute approximate surface area is 142 Å². The van der Waals surface area contributed by atoms with Crippen molar-refractivity contribution in [1.82, 2.24) is 15.2 Å². The molecule has 0 atom stereocenters. The van der Waals surface area contributed by atoms with E-state index in [1.807, 2.05) is 18.2 Å². The van der Waals surface area contributed by atoms with E-state index in [0.717, 1.165) is 23.4 Å². The Morgan fingerprint density at radius 2 is 1.75 bits per heavy atom. The van der Waals surface area contributed by atoms with E-state index >= 15 is 0 Å². The zero-order chi connectivity index (χ0) is 16.9. The third kappa shape index (κ3) is 3.87. The van der Waals surface area contributed by atoms with Gasteiger partial charge in [-0.15, -0.1) is 5.10 Å². The van der Waals surface area contributed by atoms with Crippen LogP contribution in [0.3, 0.4) is 0 Å². The number of anilines is 4. The molecule has 0 spiro atoms. The summed E-state index contributed by atoms with van der Waals surface area (Å²) in [6.07, 6.45) is 2.64. The monoisotopic (exact) mass is 319 g/mol. The van der Waals surface area contributed by atoms with Crippen molar-refractivity contribution < 1.29 is 0 Å². The highest BCUT2D eigenvalue weighted by Crippen LogP contribution is 2.20. The fourth-order valence-electron chi connectivity index (χ4n) is 2.46. The summed E-state index contributed by atoms with van der Waals surface area (Å²) in [4.78, 5) is 4.47. The van der Waals surface area contributed by atoms with Crippen LogP contribution in [-0.4, -0.2) is 15.2 Å². The molecule has 2 aromatic carbocycles. The molecule has 0 saturated heterocycles. The van der Waals surface area contributed by atoms with E-state index in [1.54, 1.807) is 6.20 Å². The lowest BCUT2D eigenvalue weighted by atomic mass is 10.1. The SMILES string of the molecule is CCc1ccc(Nc2cnnc(Nc3ccc(C)cc3C)n2)cc1. The summed E-state index contributed by atoms with van der Waals surface area (Å²) in [5.41, 5.74) is 5.63. The van der Waals surface area contributed by atoms with Crippen molar-refractivity contribution in [3.05, 3.63) is 65.4 Å². The van der Waals surface area contributed by atoms with Gasteiger partial charge in [-0.05, 0) is 49.6 Å². The summed E-state index contributed by atoms with van der Waals surface area (Å²) in [6, 6.07) is 14.5. The molecule has 0 radical (unpaired) electrons. The molecular formula is C19H21N5. The molecule has 24 heavy (non-hydrogen) atoms. The first kappa shape index (κ1) is 15.9. The topological polar surface area (TPSA) is 62.7 Å². The molecule has 0 aliphatic heterocycles. The van der Waals surface area contributed by atoms with E-state index in [4.69, 9.17) is 0 Å². The van der Waals surface area contributed by atoms with E-state index in [-0.39, 0.29) is 0 Å². The number of benzene rings is 2. The van der Waals surface area contributed by atoms with Gasteiger partial charge in [0.2, 0.25) is 5.95 Å². The molecule has 1 heterocycles. The van der Waals surface area contributed by atoms with Crippen LogP contribution in [0.15, 0.2) is 48.7 Å². The van der Waals surface area contributed by atoms with Crippen LogP contribution in [0.4, 0.5) is 23.1 Å². The van der Waals surface area contributed by atoms with Crippen LogP contribution in [0.25, 0.3) is 0 Å². The third-order valence-corrected chi connectivity index (χ3v) is 3.82. The van der Waals surface area contributed by atoms with Crippen molar-refractivity contribution in [2.24, 2.45) is 0 Å². The molecular weight excluding hydrogens is 298 g/mol. The second kappa shape index (κ2) is 7.08. The minimum absolute atomic E-state index is 0.470. The van der Waals surface area contributed by atoms with Gasteiger partial charge in [0.05, 0.1) is 6.20 Å². The molecule has 0 aliphatic rings. The van der Waals surface area contributed by atoms with Gasteiger partial charge in [-0.1, -0.05) is 36.8 Å². The molecule has 5 nitrogen and oxygen atoms in total. The molecule has 0 saturated carbocycles. The van der Waals surface area contributed by atoms with Gasteiger partial charge in [0.25, 0.3) is 0 Å². The number of rotatable bonds is 5. The maximum atomic E-state index is 4.47. The predicted octanol–water partition coefficient (Wildman–Crippen LogP) is 4.54. The van der Waals surface area contributed by atoms with Gasteiger partial charge >= 0.3 is 0 Å². The van der Waals surface area contributed by atoms with E-state index in [0.29, 0.717) is 11.8 Å². The molecule has 5 heteroatoms. The van der Waals surface area contributed by atoms with Crippen LogP contribution in [0, 0.1) is 13.8 Å². The second-order valence-corrected chi connectivity index (χ2v) is 5.78. The number of nitrogens with one attached hydrogen (secondary N) is 2. The van der Waals surface area contributed by atoms with Crippen LogP contribution >= 0.6 is 0 Å². The highest BCUT2D eigenvalue weighted by molar-refractivity contribution is 5.61. The standard InChI is InChI=1S/C19H21N5/c1-4-15-6-8-16(9-7-15)21-18-12-20-24-19(23-18)22-17-10-5-13(2)11-14(17)3/h5-12H,4H2,1-3H3,(H2,21,22,23,24). The van der Waals surface area contributed by atoms with Crippen LogP contribution in [-0.2, 0) is 6.42 Å². The fraction of sp³-hybridized carbons (Fsp3) is 0.211. The first-order valence-electron chi connectivity index (χ1n) is 8.04. The molecule has 122 valence electrons. The number of hydrogen-bond acceptors (Lipinski definition) is 5. The van der Waals surface area contributed by atoms with E-state index in [9.17, 15) is 0 Å². The number of nitrogens with zero attached hydrogens (tertiary/aromatic N) is 3. The Kier molecular flexibility index (Phi) is 4.70. The zero-order valence-corrected chi connectivity index (χ0v) is 14.2. The van der Waals surface area contributed by atoms with Gasteiger partial charge in [0, 0.05) is 11.4 Å². The van der Waals surface area contributed by atoms with Crippen molar-refractivity contribution in [3.63, 3.8) is 0 Å². The van der Waals surface area contributed by atoms with Gasteiger partial charge in [-0.2, -0.15) is 10.1 Å². The number of aromatic nitrogens is 3. The maximum Gasteiger partial charge on any atom is 0.249 e. The van der Waals surface area contributed by atoms with Crippen molar-refractivity contribution in [2.75, 3.05) is 10.6 Å². The van der Waals surface area contributed by atoms with Crippen LogP contribution in [0.1, 0.15) is 23.6 Å². The third-order valence-electron chi connectivity index (χ3n) is 3.82. The Balaban J connectivity index is 1.75. The van der Waals surface area contributed by atoms with Crippen molar-refractivity contribution >= 4 is 23.1 Å². The first-order chi connectivity index (χ1) is 11.6. The summed E-state index contributed by atoms with van der Waals surface area (Å²) in [7, 11) is 0. The predicted molar refractivity (Wildman–Crippen MR) is 98.1 cm³/mol. The molecule has 3 rings (SSSR count). The lowest BCUT2D eigenvalue weighted by Crippen LogP contribution is -2.03. The second-order valence-electron chi connectivity index (χ2n) is 5.78. The van der Waals surface area contributed by atoms with Gasteiger partial charge in [-0.3, -0.25) is 0 Å². The van der Waals surface area contributed by atoms with Gasteiger partial charge in [0.1, 0.15) is 0 Å². The van der Waals surface area contributed by atoms with E-state index < -0.39 is 0 Å². The highest BCUT2D eigenvalue weighted by atomic mass is 15.3. The molecule has 0 bridgehead atoms. The Morgan fingerprint density at radius 3 is 2.46 bits per heavy atom. The molecule has 0 aliphatic carbocycles. The molecule has 2 N–H and O–H groups in total. The molecule has 0 unspecified atom stereocenters. The summed E-state index contributed by atoms with van der Waals surface area (Å²) >= 11 is 0. The molecule has 0 fully saturated rings. The van der Waals surface area contributed by atoms with Crippen LogP contribution in [0.2, 0.25) is 0 Å². The minimum atomic E-state index is 0.470. The van der Waals surface area contributed by atoms with Crippen molar-refractivity contribution in [3.8, 4) is 0 Å².